The highest BCUT2D eigenvalue weighted by atomic mass is 79.9. The number of aryl methyl sites for hydroxylation is 1. The Morgan fingerprint density at radius 3 is 2.25 bits per heavy atom. The number of anilines is 1. The third-order valence-electron chi connectivity index (χ3n) is 3.61. The summed E-state index contributed by atoms with van der Waals surface area (Å²) in [5.74, 6) is -0.194. The van der Waals surface area contributed by atoms with Gasteiger partial charge in [-0.3, -0.25) is 0 Å². The molecule has 1 nitrogen and oxygen atoms in total. The summed E-state index contributed by atoms with van der Waals surface area (Å²) in [6.45, 7) is 5.15. The van der Waals surface area contributed by atoms with E-state index in [0.29, 0.717) is 4.47 Å². The molecule has 0 fully saturated rings. The second-order valence-electron chi connectivity index (χ2n) is 5.48. The van der Waals surface area contributed by atoms with Crippen LogP contribution in [-0.4, -0.2) is 6.54 Å². The molecule has 0 bridgehead atoms. The minimum absolute atomic E-state index is 0.194. The molecule has 0 unspecified atom stereocenters. The van der Waals surface area contributed by atoms with Gasteiger partial charge in [0.25, 0.3) is 0 Å². The van der Waals surface area contributed by atoms with Crippen LogP contribution < -0.4 is 5.32 Å². The average molecular weight is 344 g/mol. The number of rotatable bonds is 10. The summed E-state index contributed by atoms with van der Waals surface area (Å²) in [6.07, 6.45) is 10.6. The van der Waals surface area contributed by atoms with Crippen LogP contribution >= 0.6 is 15.9 Å². The fourth-order valence-electron chi connectivity index (χ4n) is 2.32. The molecule has 20 heavy (non-hydrogen) atoms. The maximum Gasteiger partial charge on any atom is 0.137 e. The van der Waals surface area contributed by atoms with Crippen LogP contribution in [0.25, 0.3) is 0 Å². The fourth-order valence-corrected chi connectivity index (χ4v) is 2.66. The van der Waals surface area contributed by atoms with Crippen LogP contribution in [0.4, 0.5) is 10.1 Å². The first-order valence-electron chi connectivity index (χ1n) is 7.84. The second-order valence-corrected chi connectivity index (χ2v) is 6.34. The fraction of sp³-hybridized carbons (Fsp3) is 0.647. The van der Waals surface area contributed by atoms with E-state index >= 15 is 0 Å². The molecule has 3 heteroatoms. The van der Waals surface area contributed by atoms with Gasteiger partial charge in [-0.05, 0) is 47.0 Å². The second kappa shape index (κ2) is 10.2. The molecule has 0 spiro atoms. The van der Waals surface area contributed by atoms with E-state index in [1.54, 1.807) is 6.07 Å². The number of nitrogens with one attached hydrogen (secondary N) is 1. The molecule has 0 saturated carbocycles. The zero-order chi connectivity index (χ0) is 14.8. The summed E-state index contributed by atoms with van der Waals surface area (Å²) in [7, 11) is 0. The van der Waals surface area contributed by atoms with Crippen molar-refractivity contribution in [2.24, 2.45) is 0 Å². The largest absolute Gasteiger partial charge is 0.385 e. The molecule has 0 aliphatic heterocycles. The van der Waals surface area contributed by atoms with Crippen molar-refractivity contribution in [3.8, 4) is 0 Å². The summed E-state index contributed by atoms with van der Waals surface area (Å²) in [5.41, 5.74) is 1.99. The van der Waals surface area contributed by atoms with Gasteiger partial charge in [0, 0.05) is 12.2 Å². The zero-order valence-electron chi connectivity index (χ0n) is 12.8. The van der Waals surface area contributed by atoms with E-state index in [2.05, 4.69) is 28.2 Å². The van der Waals surface area contributed by atoms with Gasteiger partial charge in [0.2, 0.25) is 0 Å². The maximum absolute atomic E-state index is 13.3. The minimum Gasteiger partial charge on any atom is -0.385 e. The lowest BCUT2D eigenvalue weighted by molar-refractivity contribution is 0.581. The van der Waals surface area contributed by atoms with Crippen molar-refractivity contribution < 1.29 is 4.39 Å². The highest BCUT2D eigenvalue weighted by Gasteiger charge is 2.04. The van der Waals surface area contributed by atoms with E-state index in [9.17, 15) is 4.39 Å². The van der Waals surface area contributed by atoms with Crippen molar-refractivity contribution in [1.82, 2.24) is 0 Å². The van der Waals surface area contributed by atoms with Gasteiger partial charge in [-0.2, -0.15) is 0 Å². The van der Waals surface area contributed by atoms with Gasteiger partial charge < -0.3 is 5.32 Å². The van der Waals surface area contributed by atoms with Gasteiger partial charge in [-0.15, -0.1) is 0 Å². The van der Waals surface area contributed by atoms with E-state index in [1.807, 2.05) is 13.0 Å². The third kappa shape index (κ3) is 6.74. The van der Waals surface area contributed by atoms with E-state index in [-0.39, 0.29) is 5.82 Å². The first kappa shape index (κ1) is 17.5. The summed E-state index contributed by atoms with van der Waals surface area (Å²) in [6, 6.07) is 3.40. The summed E-state index contributed by atoms with van der Waals surface area (Å²) >= 11 is 3.23. The molecular formula is C17H27BrFN. The first-order chi connectivity index (χ1) is 9.65. The smallest absolute Gasteiger partial charge is 0.137 e. The molecule has 0 aliphatic rings. The average Bonchev–Trinajstić information content (AvgIpc) is 2.42. The zero-order valence-corrected chi connectivity index (χ0v) is 14.4. The van der Waals surface area contributed by atoms with E-state index in [1.165, 1.54) is 51.4 Å². The van der Waals surface area contributed by atoms with Crippen LogP contribution in [0.5, 0.6) is 0 Å². The Kier molecular flexibility index (Phi) is 8.92. The van der Waals surface area contributed by atoms with Gasteiger partial charge in [-0.25, -0.2) is 4.39 Å². The summed E-state index contributed by atoms with van der Waals surface area (Å²) in [5, 5.41) is 3.40. The van der Waals surface area contributed by atoms with E-state index < -0.39 is 0 Å². The highest BCUT2D eigenvalue weighted by Crippen LogP contribution is 2.24. The van der Waals surface area contributed by atoms with Crippen LogP contribution in [0, 0.1) is 12.7 Å². The SMILES string of the molecule is CCCCCCCCCCNc1cc(Br)c(F)cc1C. The van der Waals surface area contributed by atoms with Crippen molar-refractivity contribution in [2.75, 3.05) is 11.9 Å². The number of unbranched alkanes of at least 4 members (excludes halogenated alkanes) is 7. The Balaban J connectivity index is 2.11. The van der Waals surface area contributed by atoms with Gasteiger partial charge >= 0.3 is 0 Å². The first-order valence-corrected chi connectivity index (χ1v) is 8.64. The predicted octanol–water partition coefficient (Wildman–Crippen LogP) is 6.45. The quantitative estimate of drug-likeness (QED) is 0.481. The lowest BCUT2D eigenvalue weighted by Gasteiger charge is -2.10. The lowest BCUT2D eigenvalue weighted by atomic mass is 10.1. The lowest BCUT2D eigenvalue weighted by Crippen LogP contribution is -2.03. The van der Waals surface area contributed by atoms with Crippen LogP contribution in [-0.2, 0) is 0 Å². The van der Waals surface area contributed by atoms with Gasteiger partial charge in [0.05, 0.1) is 4.47 Å². The van der Waals surface area contributed by atoms with Gasteiger partial charge in [0.15, 0.2) is 0 Å². The van der Waals surface area contributed by atoms with Crippen LogP contribution in [0.1, 0.15) is 63.9 Å². The van der Waals surface area contributed by atoms with Crippen molar-refractivity contribution in [3.63, 3.8) is 0 Å². The topological polar surface area (TPSA) is 12.0 Å². The standard InChI is InChI=1S/C17H27BrFN/c1-3-4-5-6-7-8-9-10-11-20-17-13-15(18)16(19)12-14(17)2/h12-13,20H,3-11H2,1-2H3. The predicted molar refractivity (Wildman–Crippen MR) is 89.9 cm³/mol. The number of benzene rings is 1. The number of hydrogen-bond donors (Lipinski definition) is 1. The minimum atomic E-state index is -0.194. The molecule has 0 aromatic heterocycles. The molecule has 1 aromatic rings. The number of halogens is 2. The van der Waals surface area contributed by atoms with Gasteiger partial charge in [0.1, 0.15) is 5.82 Å². The molecule has 0 atom stereocenters. The normalized spacial score (nSPS) is 10.8. The Morgan fingerprint density at radius 2 is 1.60 bits per heavy atom. The van der Waals surface area contributed by atoms with Crippen LogP contribution in [0.2, 0.25) is 0 Å². The Morgan fingerprint density at radius 1 is 1.00 bits per heavy atom. The van der Waals surface area contributed by atoms with E-state index in [4.69, 9.17) is 0 Å². The van der Waals surface area contributed by atoms with Crippen molar-refractivity contribution >= 4 is 21.6 Å². The van der Waals surface area contributed by atoms with Crippen molar-refractivity contribution in [3.05, 3.63) is 28.0 Å². The van der Waals surface area contributed by atoms with Crippen molar-refractivity contribution in [1.29, 1.82) is 0 Å². The molecule has 0 amide bonds. The maximum atomic E-state index is 13.3. The molecule has 114 valence electrons. The van der Waals surface area contributed by atoms with Crippen LogP contribution in [0.3, 0.4) is 0 Å². The molecule has 1 N–H and O–H groups in total. The molecule has 1 rings (SSSR count). The Bertz CT molecular complexity index is 393. The molecular weight excluding hydrogens is 317 g/mol. The highest BCUT2D eigenvalue weighted by molar-refractivity contribution is 9.10. The number of hydrogen-bond acceptors (Lipinski definition) is 1. The van der Waals surface area contributed by atoms with Crippen molar-refractivity contribution in [2.45, 2.75) is 65.2 Å². The monoisotopic (exact) mass is 343 g/mol. The van der Waals surface area contributed by atoms with E-state index in [0.717, 1.165) is 17.8 Å². The summed E-state index contributed by atoms with van der Waals surface area (Å²) in [4.78, 5) is 0. The molecule has 0 radical (unpaired) electrons. The van der Waals surface area contributed by atoms with Gasteiger partial charge in [-0.1, -0.05) is 51.9 Å². The van der Waals surface area contributed by atoms with Crippen LogP contribution in [0.15, 0.2) is 16.6 Å². The molecule has 0 aliphatic carbocycles. The Hall–Kier alpha value is -0.570. The molecule has 0 heterocycles. The summed E-state index contributed by atoms with van der Waals surface area (Å²) < 4.78 is 13.8. The molecule has 1 aromatic carbocycles. The molecule has 0 saturated heterocycles. The third-order valence-corrected chi connectivity index (χ3v) is 4.22. The Labute approximate surface area is 131 Å².